The molecule has 16 heavy (non-hydrogen) atoms. The summed E-state index contributed by atoms with van der Waals surface area (Å²) in [6.07, 6.45) is -2.42. The Balaban J connectivity index is 3.25. The molecule has 1 unspecified atom stereocenters. The fourth-order valence-corrected chi connectivity index (χ4v) is 1.95. The van der Waals surface area contributed by atoms with Gasteiger partial charge in [-0.1, -0.05) is 30.7 Å². The van der Waals surface area contributed by atoms with Crippen molar-refractivity contribution in [3.63, 3.8) is 0 Å². The van der Waals surface area contributed by atoms with Crippen LogP contribution < -0.4 is 5.32 Å². The van der Waals surface area contributed by atoms with E-state index < -0.39 is 12.0 Å². The third kappa shape index (κ3) is 2.40. The lowest BCUT2D eigenvalue weighted by Gasteiger charge is -2.32. The van der Waals surface area contributed by atoms with Crippen LogP contribution in [-0.2, 0) is 5.54 Å². The molecule has 0 aliphatic rings. The summed E-state index contributed by atoms with van der Waals surface area (Å²) in [5, 5.41) is 2.89. The van der Waals surface area contributed by atoms with E-state index in [4.69, 9.17) is 0 Å². The van der Waals surface area contributed by atoms with Crippen LogP contribution >= 0.6 is 0 Å². The smallest absolute Gasteiger partial charge is 0.260 e. The lowest BCUT2D eigenvalue weighted by molar-refractivity contribution is 0.0390. The monoisotopic (exact) mass is 227 g/mol. The highest BCUT2D eigenvalue weighted by Gasteiger charge is 2.36. The Morgan fingerprint density at radius 2 is 1.94 bits per heavy atom. The van der Waals surface area contributed by atoms with Crippen molar-refractivity contribution in [2.75, 3.05) is 6.54 Å². The van der Waals surface area contributed by atoms with Gasteiger partial charge in [0, 0.05) is 0 Å². The highest BCUT2D eigenvalue weighted by atomic mass is 19.3. The summed E-state index contributed by atoms with van der Waals surface area (Å²) in [4.78, 5) is 0. The van der Waals surface area contributed by atoms with Gasteiger partial charge in [-0.15, -0.1) is 0 Å². The Morgan fingerprint density at radius 1 is 1.31 bits per heavy atom. The first-order valence-corrected chi connectivity index (χ1v) is 5.52. The average molecular weight is 227 g/mol. The minimum absolute atomic E-state index is 0.522. The fraction of sp³-hybridized carbons (Fsp3) is 0.538. The molecular weight excluding hydrogens is 208 g/mol. The first-order valence-electron chi connectivity index (χ1n) is 5.52. The van der Waals surface area contributed by atoms with E-state index in [0.717, 1.165) is 11.1 Å². The standard InChI is InChI=1S/C13H19F2N/c1-5-16-13(4,12(14)15)11-8-9(2)6-7-10(11)3/h6-8,12,16H,5H2,1-4H3. The van der Waals surface area contributed by atoms with Crippen LogP contribution in [-0.4, -0.2) is 13.0 Å². The normalized spacial score (nSPS) is 15.2. The van der Waals surface area contributed by atoms with Gasteiger partial charge in [-0.3, -0.25) is 0 Å². The summed E-state index contributed by atoms with van der Waals surface area (Å²) < 4.78 is 26.4. The summed E-state index contributed by atoms with van der Waals surface area (Å²) in [7, 11) is 0. The van der Waals surface area contributed by atoms with Gasteiger partial charge in [-0.05, 0) is 38.4 Å². The van der Waals surface area contributed by atoms with Gasteiger partial charge in [0.2, 0.25) is 0 Å². The lowest BCUT2D eigenvalue weighted by Crippen LogP contribution is -2.46. The maximum atomic E-state index is 13.2. The molecule has 0 bridgehead atoms. The number of rotatable bonds is 4. The van der Waals surface area contributed by atoms with Crippen LogP contribution in [0, 0.1) is 13.8 Å². The fourth-order valence-electron chi connectivity index (χ4n) is 1.95. The van der Waals surface area contributed by atoms with Gasteiger partial charge in [0.05, 0.1) is 0 Å². The zero-order valence-corrected chi connectivity index (χ0v) is 10.3. The van der Waals surface area contributed by atoms with Crippen LogP contribution in [0.2, 0.25) is 0 Å². The molecule has 1 atom stereocenters. The highest BCUT2D eigenvalue weighted by molar-refractivity contribution is 5.36. The minimum atomic E-state index is -2.42. The van der Waals surface area contributed by atoms with Crippen molar-refractivity contribution in [1.29, 1.82) is 0 Å². The molecule has 0 fully saturated rings. The van der Waals surface area contributed by atoms with Crippen LogP contribution in [0.1, 0.15) is 30.5 Å². The Morgan fingerprint density at radius 3 is 2.44 bits per heavy atom. The van der Waals surface area contributed by atoms with E-state index in [-0.39, 0.29) is 0 Å². The van der Waals surface area contributed by atoms with Gasteiger partial charge in [-0.25, -0.2) is 8.78 Å². The van der Waals surface area contributed by atoms with E-state index in [2.05, 4.69) is 5.32 Å². The van der Waals surface area contributed by atoms with Crippen molar-refractivity contribution in [1.82, 2.24) is 5.32 Å². The maximum absolute atomic E-state index is 13.2. The van der Waals surface area contributed by atoms with E-state index in [0.29, 0.717) is 12.1 Å². The van der Waals surface area contributed by atoms with Crippen molar-refractivity contribution in [2.24, 2.45) is 0 Å². The molecular formula is C13H19F2N. The van der Waals surface area contributed by atoms with Crippen LogP contribution in [0.3, 0.4) is 0 Å². The maximum Gasteiger partial charge on any atom is 0.260 e. The first-order chi connectivity index (χ1) is 7.41. The SMILES string of the molecule is CCNC(C)(c1cc(C)ccc1C)C(F)F. The van der Waals surface area contributed by atoms with Gasteiger partial charge in [0.1, 0.15) is 5.54 Å². The van der Waals surface area contributed by atoms with Crippen LogP contribution in [0.15, 0.2) is 18.2 Å². The van der Waals surface area contributed by atoms with Crippen molar-refractivity contribution in [2.45, 2.75) is 39.7 Å². The number of halogens is 2. The van der Waals surface area contributed by atoms with Crippen LogP contribution in [0.5, 0.6) is 0 Å². The number of hydrogen-bond donors (Lipinski definition) is 1. The number of nitrogens with one attached hydrogen (secondary N) is 1. The Hall–Kier alpha value is -0.960. The second-order valence-electron chi connectivity index (χ2n) is 4.35. The zero-order valence-electron chi connectivity index (χ0n) is 10.3. The highest BCUT2D eigenvalue weighted by Crippen LogP contribution is 2.31. The second kappa shape index (κ2) is 4.91. The number of hydrogen-bond acceptors (Lipinski definition) is 1. The third-order valence-electron chi connectivity index (χ3n) is 2.93. The van der Waals surface area contributed by atoms with Crippen LogP contribution in [0.4, 0.5) is 8.78 Å². The van der Waals surface area contributed by atoms with E-state index >= 15 is 0 Å². The quantitative estimate of drug-likeness (QED) is 0.831. The van der Waals surface area contributed by atoms with E-state index in [1.807, 2.05) is 39.0 Å². The predicted octanol–water partition coefficient (Wildman–Crippen LogP) is 3.39. The molecule has 0 radical (unpaired) electrons. The summed E-state index contributed by atoms with van der Waals surface area (Å²) in [6, 6.07) is 5.67. The largest absolute Gasteiger partial charge is 0.303 e. The van der Waals surface area contributed by atoms with E-state index in [9.17, 15) is 8.78 Å². The molecule has 0 spiro atoms. The topological polar surface area (TPSA) is 12.0 Å². The Labute approximate surface area is 95.9 Å². The molecule has 1 rings (SSSR count). The van der Waals surface area contributed by atoms with Gasteiger partial charge < -0.3 is 5.32 Å². The molecule has 3 heteroatoms. The molecule has 90 valence electrons. The van der Waals surface area contributed by atoms with Crippen LogP contribution in [0.25, 0.3) is 0 Å². The van der Waals surface area contributed by atoms with Crippen molar-refractivity contribution in [3.8, 4) is 0 Å². The lowest BCUT2D eigenvalue weighted by atomic mass is 9.87. The summed E-state index contributed by atoms with van der Waals surface area (Å²) >= 11 is 0. The second-order valence-corrected chi connectivity index (χ2v) is 4.35. The van der Waals surface area contributed by atoms with Gasteiger partial charge in [0.15, 0.2) is 0 Å². The molecule has 0 saturated carbocycles. The molecule has 0 aliphatic carbocycles. The van der Waals surface area contributed by atoms with Crippen molar-refractivity contribution < 1.29 is 8.78 Å². The molecule has 0 aromatic heterocycles. The predicted molar refractivity (Wildman–Crippen MR) is 62.9 cm³/mol. The minimum Gasteiger partial charge on any atom is -0.303 e. The molecule has 0 heterocycles. The zero-order chi connectivity index (χ0) is 12.3. The molecule has 0 aliphatic heterocycles. The third-order valence-corrected chi connectivity index (χ3v) is 2.93. The number of benzene rings is 1. The molecule has 1 aromatic carbocycles. The van der Waals surface area contributed by atoms with E-state index in [1.54, 1.807) is 6.92 Å². The summed E-state index contributed by atoms with van der Waals surface area (Å²) in [5.74, 6) is 0. The Bertz CT molecular complexity index is 363. The van der Waals surface area contributed by atoms with E-state index in [1.165, 1.54) is 0 Å². The summed E-state index contributed by atoms with van der Waals surface area (Å²) in [6.45, 7) is 7.70. The molecule has 1 nitrogen and oxygen atoms in total. The van der Waals surface area contributed by atoms with Crippen molar-refractivity contribution in [3.05, 3.63) is 34.9 Å². The molecule has 1 aromatic rings. The number of alkyl halides is 2. The van der Waals surface area contributed by atoms with Gasteiger partial charge in [0.25, 0.3) is 6.43 Å². The van der Waals surface area contributed by atoms with Gasteiger partial charge >= 0.3 is 0 Å². The van der Waals surface area contributed by atoms with Crippen molar-refractivity contribution >= 4 is 0 Å². The first kappa shape index (κ1) is 13.1. The van der Waals surface area contributed by atoms with Gasteiger partial charge in [-0.2, -0.15) is 0 Å². The Kier molecular flexibility index (Phi) is 4.03. The molecule has 1 N–H and O–H groups in total. The average Bonchev–Trinajstić information content (AvgIpc) is 2.21. The summed E-state index contributed by atoms with van der Waals surface area (Å²) in [5.41, 5.74) is 1.33. The molecule has 0 amide bonds. The number of aryl methyl sites for hydroxylation is 2. The molecule has 0 saturated heterocycles.